The molecule has 0 radical (unpaired) electrons. The van der Waals surface area contributed by atoms with Gasteiger partial charge in [0, 0.05) is 5.38 Å². The molecule has 0 atom stereocenters. The SMILES string of the molecule is C#CC(=O)Nc1nc(C(N)=O)cs1. The third-order valence-electron chi connectivity index (χ3n) is 1.11. The molecular formula is C7H5N3O2S. The van der Waals surface area contributed by atoms with Gasteiger partial charge in [0.15, 0.2) is 5.13 Å². The molecule has 1 rings (SSSR count). The highest BCUT2D eigenvalue weighted by Crippen LogP contribution is 2.14. The van der Waals surface area contributed by atoms with E-state index in [-0.39, 0.29) is 10.8 Å². The first-order valence-corrected chi connectivity index (χ1v) is 4.04. The number of amides is 2. The molecule has 1 aromatic heterocycles. The van der Waals surface area contributed by atoms with E-state index in [0.717, 1.165) is 11.3 Å². The minimum absolute atomic E-state index is 0.109. The second-order valence-electron chi connectivity index (χ2n) is 2.00. The number of carbonyl (C=O) groups excluding carboxylic acids is 2. The van der Waals surface area contributed by atoms with Crippen molar-refractivity contribution in [3.63, 3.8) is 0 Å². The first kappa shape index (κ1) is 9.22. The predicted octanol–water partition coefficient (Wildman–Crippen LogP) is -0.186. The van der Waals surface area contributed by atoms with Crippen LogP contribution in [0.1, 0.15) is 10.5 Å². The number of hydrogen-bond donors (Lipinski definition) is 2. The molecule has 5 nitrogen and oxygen atoms in total. The first-order valence-electron chi connectivity index (χ1n) is 3.16. The Balaban J connectivity index is 2.76. The Morgan fingerprint density at radius 3 is 2.85 bits per heavy atom. The van der Waals surface area contributed by atoms with Gasteiger partial charge in [-0.1, -0.05) is 0 Å². The Kier molecular flexibility index (Phi) is 2.62. The van der Waals surface area contributed by atoms with Crippen LogP contribution in [0.15, 0.2) is 5.38 Å². The molecule has 0 aliphatic heterocycles. The van der Waals surface area contributed by atoms with Crippen molar-refractivity contribution in [3.8, 4) is 12.3 Å². The van der Waals surface area contributed by atoms with Crippen LogP contribution >= 0.6 is 11.3 Å². The van der Waals surface area contributed by atoms with E-state index in [1.807, 2.05) is 5.92 Å². The molecule has 13 heavy (non-hydrogen) atoms. The lowest BCUT2D eigenvalue weighted by molar-refractivity contribution is -0.111. The van der Waals surface area contributed by atoms with E-state index in [1.54, 1.807) is 0 Å². The number of thiazole rings is 1. The fourth-order valence-corrected chi connectivity index (χ4v) is 1.27. The van der Waals surface area contributed by atoms with Gasteiger partial charge in [-0.25, -0.2) is 4.98 Å². The van der Waals surface area contributed by atoms with Gasteiger partial charge in [-0.15, -0.1) is 17.8 Å². The van der Waals surface area contributed by atoms with Crippen LogP contribution in [-0.2, 0) is 4.79 Å². The lowest BCUT2D eigenvalue weighted by Crippen LogP contribution is -2.12. The van der Waals surface area contributed by atoms with Crippen molar-refractivity contribution in [3.05, 3.63) is 11.1 Å². The number of primary amides is 1. The zero-order valence-corrected chi connectivity index (χ0v) is 7.22. The molecule has 0 aromatic carbocycles. The zero-order chi connectivity index (χ0) is 9.84. The van der Waals surface area contributed by atoms with E-state index >= 15 is 0 Å². The average molecular weight is 195 g/mol. The van der Waals surface area contributed by atoms with Crippen LogP contribution in [0.5, 0.6) is 0 Å². The average Bonchev–Trinajstić information content (AvgIpc) is 2.52. The second-order valence-corrected chi connectivity index (χ2v) is 2.86. The summed E-state index contributed by atoms with van der Waals surface area (Å²) in [6.45, 7) is 0. The van der Waals surface area contributed by atoms with E-state index in [1.165, 1.54) is 5.38 Å². The number of terminal acetylenes is 1. The summed E-state index contributed by atoms with van der Waals surface area (Å²) in [6.07, 6.45) is 4.81. The van der Waals surface area contributed by atoms with Crippen molar-refractivity contribution in [1.82, 2.24) is 4.98 Å². The number of aromatic nitrogens is 1. The highest BCUT2D eigenvalue weighted by Gasteiger charge is 2.07. The fraction of sp³-hybridized carbons (Fsp3) is 0. The molecule has 0 bridgehead atoms. The van der Waals surface area contributed by atoms with E-state index in [2.05, 4.69) is 10.3 Å². The molecule has 66 valence electrons. The molecular weight excluding hydrogens is 190 g/mol. The second kappa shape index (κ2) is 3.69. The summed E-state index contributed by atoms with van der Waals surface area (Å²) in [6, 6.07) is 0. The van der Waals surface area contributed by atoms with Gasteiger partial charge in [-0.05, 0) is 5.92 Å². The van der Waals surface area contributed by atoms with Crippen molar-refractivity contribution in [2.45, 2.75) is 0 Å². The molecule has 0 fully saturated rings. The maximum Gasteiger partial charge on any atom is 0.301 e. The topological polar surface area (TPSA) is 85.1 Å². The van der Waals surface area contributed by atoms with Crippen molar-refractivity contribution < 1.29 is 9.59 Å². The van der Waals surface area contributed by atoms with Gasteiger partial charge >= 0.3 is 5.91 Å². The van der Waals surface area contributed by atoms with Gasteiger partial charge in [0.2, 0.25) is 0 Å². The molecule has 1 heterocycles. The zero-order valence-electron chi connectivity index (χ0n) is 6.40. The van der Waals surface area contributed by atoms with Gasteiger partial charge in [-0.3, -0.25) is 14.9 Å². The Labute approximate surface area is 78.0 Å². The Morgan fingerprint density at radius 2 is 2.38 bits per heavy atom. The maximum absolute atomic E-state index is 10.7. The predicted molar refractivity (Wildman–Crippen MR) is 48.1 cm³/mol. The van der Waals surface area contributed by atoms with E-state index < -0.39 is 11.8 Å². The molecule has 6 heteroatoms. The number of nitrogens with zero attached hydrogens (tertiary/aromatic N) is 1. The number of carbonyl (C=O) groups is 2. The number of nitrogens with one attached hydrogen (secondary N) is 1. The molecule has 0 aliphatic rings. The van der Waals surface area contributed by atoms with Crippen LogP contribution in [0.4, 0.5) is 5.13 Å². The molecule has 3 N–H and O–H groups in total. The lowest BCUT2D eigenvalue weighted by atomic mass is 10.5. The maximum atomic E-state index is 10.7. The quantitative estimate of drug-likeness (QED) is 0.641. The Hall–Kier alpha value is -1.87. The van der Waals surface area contributed by atoms with Crippen LogP contribution in [0, 0.1) is 12.3 Å². The van der Waals surface area contributed by atoms with E-state index in [4.69, 9.17) is 12.2 Å². The summed E-state index contributed by atoms with van der Waals surface area (Å²) in [4.78, 5) is 25.0. The van der Waals surface area contributed by atoms with E-state index in [0.29, 0.717) is 0 Å². The van der Waals surface area contributed by atoms with Crippen LogP contribution < -0.4 is 11.1 Å². The van der Waals surface area contributed by atoms with Crippen LogP contribution in [-0.4, -0.2) is 16.8 Å². The van der Waals surface area contributed by atoms with Gasteiger partial charge in [0.05, 0.1) is 0 Å². The molecule has 0 unspecified atom stereocenters. The van der Waals surface area contributed by atoms with Crippen LogP contribution in [0.3, 0.4) is 0 Å². The van der Waals surface area contributed by atoms with Gasteiger partial charge < -0.3 is 5.73 Å². The van der Waals surface area contributed by atoms with Gasteiger partial charge in [0.25, 0.3) is 5.91 Å². The summed E-state index contributed by atoms with van der Waals surface area (Å²) in [7, 11) is 0. The normalized spacial score (nSPS) is 8.85. The molecule has 0 saturated carbocycles. The minimum atomic E-state index is -0.641. The highest BCUT2D eigenvalue weighted by atomic mass is 32.1. The number of nitrogens with two attached hydrogens (primary N) is 1. The summed E-state index contributed by atoms with van der Waals surface area (Å²) in [5.74, 6) is 0.605. The van der Waals surface area contributed by atoms with Gasteiger partial charge in [0.1, 0.15) is 5.69 Å². The minimum Gasteiger partial charge on any atom is -0.364 e. The highest BCUT2D eigenvalue weighted by molar-refractivity contribution is 7.14. The smallest absolute Gasteiger partial charge is 0.301 e. The number of hydrogen-bond acceptors (Lipinski definition) is 4. The standard InChI is InChI=1S/C7H5N3O2S/c1-2-5(11)10-7-9-4(3-13-7)6(8)12/h1,3H,(H2,8,12)(H,9,10,11). The van der Waals surface area contributed by atoms with Gasteiger partial charge in [-0.2, -0.15) is 0 Å². The summed E-state index contributed by atoms with van der Waals surface area (Å²) < 4.78 is 0. The molecule has 2 amide bonds. The van der Waals surface area contributed by atoms with Crippen LogP contribution in [0.2, 0.25) is 0 Å². The molecule has 0 aliphatic carbocycles. The Morgan fingerprint density at radius 1 is 1.69 bits per heavy atom. The van der Waals surface area contributed by atoms with Crippen LogP contribution in [0.25, 0.3) is 0 Å². The molecule has 0 saturated heterocycles. The fourth-order valence-electron chi connectivity index (χ4n) is 0.578. The van der Waals surface area contributed by atoms with Crippen molar-refractivity contribution in [2.75, 3.05) is 5.32 Å². The number of anilines is 1. The molecule has 1 aromatic rings. The lowest BCUT2D eigenvalue weighted by Gasteiger charge is -1.91. The molecule has 0 spiro atoms. The largest absolute Gasteiger partial charge is 0.364 e. The van der Waals surface area contributed by atoms with E-state index in [9.17, 15) is 9.59 Å². The van der Waals surface area contributed by atoms with Crippen molar-refractivity contribution in [1.29, 1.82) is 0 Å². The number of rotatable bonds is 2. The monoisotopic (exact) mass is 195 g/mol. The third-order valence-corrected chi connectivity index (χ3v) is 1.87. The Bertz CT molecular complexity index is 391. The van der Waals surface area contributed by atoms with Crippen molar-refractivity contribution in [2.24, 2.45) is 5.73 Å². The summed E-state index contributed by atoms with van der Waals surface area (Å²) in [5, 5.41) is 3.99. The first-order chi connectivity index (χ1) is 6.13. The summed E-state index contributed by atoms with van der Waals surface area (Å²) in [5.41, 5.74) is 5.05. The van der Waals surface area contributed by atoms with Crippen molar-refractivity contribution >= 4 is 28.3 Å². The summed E-state index contributed by atoms with van der Waals surface area (Å²) >= 11 is 1.08. The third kappa shape index (κ3) is 2.28.